The molecule has 3 atom stereocenters. The van der Waals surface area contributed by atoms with Gasteiger partial charge in [-0.15, -0.1) is 0 Å². The van der Waals surface area contributed by atoms with Gasteiger partial charge in [0.25, 0.3) is 0 Å². The number of anilines is 2. The van der Waals surface area contributed by atoms with Gasteiger partial charge < -0.3 is 19.5 Å². The normalized spacial score (nSPS) is 20.8. The van der Waals surface area contributed by atoms with Gasteiger partial charge in [-0.2, -0.15) is 14.6 Å². The molecule has 0 amide bonds. The number of aryl methyl sites for hydroxylation is 1. The molecule has 176 valence electrons. The number of hydrogen-bond acceptors (Lipinski definition) is 8. The highest BCUT2D eigenvalue weighted by atomic mass is 16.6. The van der Waals surface area contributed by atoms with Crippen LogP contribution in [0.3, 0.4) is 0 Å². The number of benzene rings is 1. The zero-order valence-electron chi connectivity index (χ0n) is 19.7. The fourth-order valence-electron chi connectivity index (χ4n) is 4.20. The van der Waals surface area contributed by atoms with Crippen LogP contribution in [0.25, 0.3) is 5.65 Å². The Morgan fingerprint density at radius 1 is 1.27 bits per heavy atom. The van der Waals surface area contributed by atoms with Gasteiger partial charge in [-0.05, 0) is 46.2 Å². The van der Waals surface area contributed by atoms with E-state index in [-0.39, 0.29) is 31.0 Å². The average Bonchev–Trinajstić information content (AvgIpc) is 3.35. The summed E-state index contributed by atoms with van der Waals surface area (Å²) < 4.78 is 13.3. The van der Waals surface area contributed by atoms with Crippen LogP contribution >= 0.6 is 0 Å². The van der Waals surface area contributed by atoms with Crippen LogP contribution in [0.2, 0.25) is 0 Å². The number of fused-ring (bicyclic) bond motifs is 1. The van der Waals surface area contributed by atoms with E-state index in [0.29, 0.717) is 23.8 Å². The minimum absolute atomic E-state index is 0.154. The van der Waals surface area contributed by atoms with E-state index in [2.05, 4.69) is 15.1 Å². The number of hydrogen-bond donors (Lipinski definition) is 1. The first-order valence-electron chi connectivity index (χ1n) is 11.2. The third-order valence-corrected chi connectivity index (χ3v) is 5.69. The lowest BCUT2D eigenvalue weighted by atomic mass is 9.94. The van der Waals surface area contributed by atoms with Crippen molar-refractivity contribution in [3.63, 3.8) is 0 Å². The summed E-state index contributed by atoms with van der Waals surface area (Å²) in [5, 5.41) is 14.4. The van der Waals surface area contributed by atoms with E-state index in [0.717, 1.165) is 11.3 Å². The number of carbonyl (C=O) groups is 1. The molecule has 1 N–H and O–H groups in total. The third-order valence-electron chi connectivity index (χ3n) is 5.69. The summed E-state index contributed by atoms with van der Waals surface area (Å²) in [5.74, 6) is 0.806. The van der Waals surface area contributed by atoms with Crippen LogP contribution in [0.5, 0.6) is 0 Å². The van der Waals surface area contributed by atoms with Crippen molar-refractivity contribution in [1.29, 1.82) is 0 Å². The highest BCUT2D eigenvalue weighted by Gasteiger charge is 2.39. The van der Waals surface area contributed by atoms with Crippen LogP contribution in [0.1, 0.15) is 51.1 Å². The maximum absolute atomic E-state index is 12.4. The molecule has 1 aromatic carbocycles. The lowest BCUT2D eigenvalue weighted by Gasteiger charge is -2.21. The molecule has 4 rings (SSSR count). The van der Waals surface area contributed by atoms with Gasteiger partial charge in [0.2, 0.25) is 5.95 Å². The first kappa shape index (κ1) is 23.1. The number of rotatable bonds is 6. The summed E-state index contributed by atoms with van der Waals surface area (Å²) in [7, 11) is 1.93. The predicted molar refractivity (Wildman–Crippen MR) is 123 cm³/mol. The minimum Gasteiger partial charge on any atom is -0.460 e. The van der Waals surface area contributed by atoms with Crippen LogP contribution in [0.4, 0.5) is 11.6 Å². The lowest BCUT2D eigenvalue weighted by Crippen LogP contribution is -2.28. The van der Waals surface area contributed by atoms with Crippen LogP contribution in [0.15, 0.2) is 36.5 Å². The van der Waals surface area contributed by atoms with E-state index in [4.69, 9.17) is 9.47 Å². The summed E-state index contributed by atoms with van der Waals surface area (Å²) in [4.78, 5) is 23.6. The van der Waals surface area contributed by atoms with Gasteiger partial charge in [0.15, 0.2) is 5.65 Å². The van der Waals surface area contributed by atoms with E-state index >= 15 is 0 Å². The first-order valence-corrected chi connectivity index (χ1v) is 11.2. The molecule has 1 aliphatic heterocycles. The Bertz CT molecular complexity index is 1130. The van der Waals surface area contributed by atoms with Crippen molar-refractivity contribution in [1.82, 2.24) is 19.6 Å². The SMILES string of the molecule is Cc1nc(N(C)c2ccccc2)n2ncc([C@H]3C[C@@H](CC(=O)OC(C)(C)C)[C@@H](CO)O3)c2n1. The second kappa shape index (κ2) is 9.07. The minimum atomic E-state index is -0.553. The first-order chi connectivity index (χ1) is 15.7. The monoisotopic (exact) mass is 453 g/mol. The van der Waals surface area contributed by atoms with Gasteiger partial charge in [0, 0.05) is 24.2 Å². The Kier molecular flexibility index (Phi) is 6.36. The van der Waals surface area contributed by atoms with Crippen molar-refractivity contribution in [3.8, 4) is 0 Å². The van der Waals surface area contributed by atoms with Crippen molar-refractivity contribution >= 4 is 23.3 Å². The van der Waals surface area contributed by atoms with Gasteiger partial charge in [-0.3, -0.25) is 4.79 Å². The van der Waals surface area contributed by atoms with Crippen LogP contribution in [-0.4, -0.2) is 56.0 Å². The molecule has 0 saturated carbocycles. The quantitative estimate of drug-likeness (QED) is 0.567. The Hall–Kier alpha value is -3.04. The molecule has 1 saturated heterocycles. The second-order valence-corrected chi connectivity index (χ2v) is 9.43. The Labute approximate surface area is 193 Å². The summed E-state index contributed by atoms with van der Waals surface area (Å²) in [6.45, 7) is 7.20. The van der Waals surface area contributed by atoms with E-state index in [1.54, 1.807) is 10.7 Å². The Morgan fingerprint density at radius 3 is 2.67 bits per heavy atom. The number of carbonyl (C=O) groups excluding carboxylic acids is 1. The van der Waals surface area contributed by atoms with Gasteiger partial charge >= 0.3 is 5.97 Å². The second-order valence-electron chi connectivity index (χ2n) is 9.43. The largest absolute Gasteiger partial charge is 0.460 e. The zero-order valence-corrected chi connectivity index (χ0v) is 19.7. The van der Waals surface area contributed by atoms with E-state index in [9.17, 15) is 9.90 Å². The molecule has 1 fully saturated rings. The number of ether oxygens (including phenoxy) is 2. The Balaban J connectivity index is 1.61. The van der Waals surface area contributed by atoms with E-state index < -0.39 is 11.7 Å². The molecule has 9 heteroatoms. The van der Waals surface area contributed by atoms with Gasteiger partial charge in [-0.25, -0.2) is 4.98 Å². The standard InChI is InChI=1S/C24H31N5O4/c1-15-26-22-18(13-25-29(22)23(27-15)28(5)17-9-7-6-8-10-17)19-11-16(20(14-30)32-19)12-21(31)33-24(2,3)4/h6-10,13,16,19-20,30H,11-12,14H2,1-5H3/t16-,19+,20+/m0/s1. The average molecular weight is 454 g/mol. The molecule has 2 aromatic heterocycles. The molecular formula is C24H31N5O4. The topological polar surface area (TPSA) is 102 Å². The molecule has 0 bridgehead atoms. The molecule has 3 heterocycles. The lowest BCUT2D eigenvalue weighted by molar-refractivity contribution is -0.156. The van der Waals surface area contributed by atoms with Crippen molar-refractivity contribution in [2.24, 2.45) is 5.92 Å². The Morgan fingerprint density at radius 2 is 2.00 bits per heavy atom. The molecule has 0 aliphatic carbocycles. The smallest absolute Gasteiger partial charge is 0.306 e. The number of aliphatic hydroxyl groups excluding tert-OH is 1. The van der Waals surface area contributed by atoms with Crippen LogP contribution in [-0.2, 0) is 14.3 Å². The number of aliphatic hydroxyl groups is 1. The molecule has 3 aromatic rings. The van der Waals surface area contributed by atoms with Crippen molar-refractivity contribution in [2.45, 2.75) is 58.3 Å². The van der Waals surface area contributed by atoms with Crippen LogP contribution in [0, 0.1) is 12.8 Å². The van der Waals surface area contributed by atoms with E-state index in [1.165, 1.54) is 0 Å². The maximum atomic E-state index is 12.4. The third kappa shape index (κ3) is 4.99. The van der Waals surface area contributed by atoms with Gasteiger partial charge in [0.1, 0.15) is 11.4 Å². The van der Waals surface area contributed by atoms with Gasteiger partial charge in [-0.1, -0.05) is 18.2 Å². The zero-order chi connectivity index (χ0) is 23.8. The van der Waals surface area contributed by atoms with Crippen LogP contribution < -0.4 is 4.90 Å². The summed E-state index contributed by atoms with van der Waals surface area (Å²) >= 11 is 0. The maximum Gasteiger partial charge on any atom is 0.306 e. The van der Waals surface area contributed by atoms with E-state index in [1.807, 2.05) is 70.0 Å². The number of esters is 1. The highest BCUT2D eigenvalue weighted by Crippen LogP contribution is 2.40. The van der Waals surface area contributed by atoms with Crippen molar-refractivity contribution < 1.29 is 19.4 Å². The fourth-order valence-corrected chi connectivity index (χ4v) is 4.20. The molecule has 0 radical (unpaired) electrons. The van der Waals surface area contributed by atoms with Crippen molar-refractivity contribution in [2.75, 3.05) is 18.6 Å². The van der Waals surface area contributed by atoms with Gasteiger partial charge in [0.05, 0.1) is 31.4 Å². The number of para-hydroxylation sites is 1. The summed E-state index contributed by atoms with van der Waals surface area (Å²) in [5.41, 5.74) is 1.89. The molecule has 9 nitrogen and oxygen atoms in total. The highest BCUT2D eigenvalue weighted by molar-refractivity contribution is 5.70. The fraction of sp³-hybridized carbons (Fsp3) is 0.500. The molecule has 0 unspecified atom stereocenters. The number of nitrogens with zero attached hydrogens (tertiary/aromatic N) is 5. The molecule has 0 spiro atoms. The number of aromatic nitrogens is 4. The molecule has 1 aliphatic rings. The molecule has 33 heavy (non-hydrogen) atoms. The predicted octanol–water partition coefficient (Wildman–Crippen LogP) is 3.37. The summed E-state index contributed by atoms with van der Waals surface area (Å²) in [6.07, 6.45) is 1.70. The molecular weight excluding hydrogens is 422 g/mol. The summed E-state index contributed by atoms with van der Waals surface area (Å²) in [6, 6.07) is 9.91. The van der Waals surface area contributed by atoms with Crippen molar-refractivity contribution in [3.05, 3.63) is 47.9 Å².